The topological polar surface area (TPSA) is 94.5 Å². The Kier molecular flexibility index (Phi) is 6.58. The molecule has 200 valence electrons. The maximum atomic E-state index is 15.2. The molecule has 2 aromatic heterocycles. The molecule has 5 rings (SSSR count). The van der Waals surface area contributed by atoms with Crippen LogP contribution in [-0.4, -0.2) is 52.5 Å². The van der Waals surface area contributed by atoms with E-state index in [-0.39, 0.29) is 11.4 Å². The van der Waals surface area contributed by atoms with Crippen LogP contribution >= 0.6 is 0 Å². The molecule has 0 atom stereocenters. The van der Waals surface area contributed by atoms with Crippen molar-refractivity contribution < 1.29 is 22.3 Å². The number of alkyl halides is 3. The van der Waals surface area contributed by atoms with E-state index in [0.29, 0.717) is 48.3 Å². The molecule has 8 nitrogen and oxygen atoms in total. The molecule has 1 aliphatic carbocycles. The highest BCUT2D eigenvalue weighted by atomic mass is 19.4. The molecule has 0 amide bonds. The summed E-state index contributed by atoms with van der Waals surface area (Å²) in [5.41, 5.74) is 9.79. The van der Waals surface area contributed by atoms with Crippen LogP contribution in [0.2, 0.25) is 0 Å². The first kappa shape index (κ1) is 25.7. The number of methoxy groups -OCH3 is 1. The third-order valence-corrected chi connectivity index (χ3v) is 6.90. The van der Waals surface area contributed by atoms with Crippen LogP contribution in [0.4, 0.5) is 23.2 Å². The number of anilines is 1. The zero-order valence-corrected chi connectivity index (χ0v) is 21.2. The van der Waals surface area contributed by atoms with Gasteiger partial charge in [0.1, 0.15) is 18.0 Å². The van der Waals surface area contributed by atoms with Gasteiger partial charge in [-0.2, -0.15) is 13.2 Å². The predicted molar refractivity (Wildman–Crippen MR) is 135 cm³/mol. The molecule has 12 heteroatoms. The minimum absolute atomic E-state index is 0.0184. The summed E-state index contributed by atoms with van der Waals surface area (Å²) in [6.45, 7) is 0.904. The van der Waals surface area contributed by atoms with Gasteiger partial charge in [0.05, 0.1) is 29.6 Å². The first-order valence-electron chi connectivity index (χ1n) is 12.1. The van der Waals surface area contributed by atoms with Crippen LogP contribution in [0.15, 0.2) is 41.3 Å². The number of nitrogens with zero attached hydrogens (tertiary/aromatic N) is 6. The lowest BCUT2D eigenvalue weighted by Crippen LogP contribution is -2.37. The molecule has 2 aliphatic rings. The molecule has 1 saturated carbocycles. The number of halogens is 4. The molecule has 1 aromatic carbocycles. The van der Waals surface area contributed by atoms with E-state index in [1.165, 1.54) is 37.2 Å². The van der Waals surface area contributed by atoms with E-state index in [1.54, 1.807) is 13.1 Å². The standard InChI is InChI=1S/C26H27F4N7O/c1-32-19-8-9-37(11-17(19)22(31)21-23(14-4-5-14)33-13-34-25(21)38-3)15-6-7-16(18(27)10-15)24-35-20(12-36(24)2)26(28,29)30/h6-7,10,12-14H,4-5,8-9,11,31H2,1-3H3/b22-17-,32-19?. The highest BCUT2D eigenvalue weighted by Gasteiger charge is 2.35. The van der Waals surface area contributed by atoms with Crippen LogP contribution in [0.1, 0.15) is 42.1 Å². The van der Waals surface area contributed by atoms with E-state index in [0.717, 1.165) is 36.0 Å². The second-order valence-electron chi connectivity index (χ2n) is 9.37. The number of benzene rings is 1. The van der Waals surface area contributed by atoms with E-state index < -0.39 is 17.7 Å². The van der Waals surface area contributed by atoms with Gasteiger partial charge in [-0.25, -0.2) is 19.3 Å². The van der Waals surface area contributed by atoms with Crippen molar-refractivity contribution in [2.24, 2.45) is 17.8 Å². The van der Waals surface area contributed by atoms with Crippen molar-refractivity contribution in [2.45, 2.75) is 31.4 Å². The summed E-state index contributed by atoms with van der Waals surface area (Å²) >= 11 is 0. The number of aryl methyl sites for hydroxylation is 1. The zero-order chi connectivity index (χ0) is 27.2. The van der Waals surface area contributed by atoms with Crippen LogP contribution < -0.4 is 15.4 Å². The van der Waals surface area contributed by atoms with E-state index in [1.807, 2.05) is 4.90 Å². The molecule has 3 aromatic rings. The van der Waals surface area contributed by atoms with Gasteiger partial charge in [-0.1, -0.05) is 0 Å². The molecular formula is C26H27F4N7O. The van der Waals surface area contributed by atoms with Crippen LogP contribution in [-0.2, 0) is 13.2 Å². The van der Waals surface area contributed by atoms with E-state index in [9.17, 15) is 13.2 Å². The fourth-order valence-electron chi connectivity index (χ4n) is 4.80. The van der Waals surface area contributed by atoms with E-state index in [2.05, 4.69) is 19.9 Å². The fourth-order valence-corrected chi connectivity index (χ4v) is 4.80. The average molecular weight is 530 g/mol. The lowest BCUT2D eigenvalue weighted by molar-refractivity contribution is -0.140. The predicted octanol–water partition coefficient (Wildman–Crippen LogP) is 4.57. The Hall–Kier alpha value is -3.96. The Morgan fingerprint density at radius 2 is 1.97 bits per heavy atom. The van der Waals surface area contributed by atoms with Crippen molar-refractivity contribution >= 4 is 17.1 Å². The largest absolute Gasteiger partial charge is 0.480 e. The highest BCUT2D eigenvalue weighted by Crippen LogP contribution is 2.44. The third kappa shape index (κ3) is 4.70. The number of ether oxygens (including phenoxy) is 1. The van der Waals surface area contributed by atoms with Crippen LogP contribution in [0.5, 0.6) is 5.88 Å². The first-order valence-corrected chi connectivity index (χ1v) is 12.1. The number of piperidine rings is 1. The second kappa shape index (κ2) is 9.73. The lowest BCUT2D eigenvalue weighted by Gasteiger charge is -2.33. The molecule has 0 unspecified atom stereocenters. The molecule has 38 heavy (non-hydrogen) atoms. The molecule has 1 saturated heterocycles. The van der Waals surface area contributed by atoms with Crippen molar-refractivity contribution in [2.75, 3.05) is 32.1 Å². The molecule has 0 spiro atoms. The van der Waals surface area contributed by atoms with Crippen molar-refractivity contribution in [1.29, 1.82) is 0 Å². The molecule has 0 bridgehead atoms. The van der Waals surface area contributed by atoms with Crippen molar-refractivity contribution in [1.82, 2.24) is 19.5 Å². The first-order chi connectivity index (χ1) is 18.1. The van der Waals surface area contributed by atoms with E-state index in [4.69, 9.17) is 10.5 Å². The van der Waals surface area contributed by atoms with Gasteiger partial charge in [-0.05, 0) is 31.0 Å². The SMILES string of the molecule is CN=C1CCN(c2ccc(-c3nc(C(F)(F)F)cn3C)c(F)c2)C/C1=C(/N)c1c(OC)ncnc1C1CC1. The van der Waals surface area contributed by atoms with Gasteiger partial charge in [0.25, 0.3) is 0 Å². The Bertz CT molecular complexity index is 1440. The molecule has 0 radical (unpaired) electrons. The van der Waals surface area contributed by atoms with E-state index >= 15 is 4.39 Å². The highest BCUT2D eigenvalue weighted by molar-refractivity contribution is 6.08. The Morgan fingerprint density at radius 1 is 1.21 bits per heavy atom. The molecule has 2 fully saturated rings. The van der Waals surface area contributed by atoms with Crippen molar-refractivity contribution in [3.05, 3.63) is 59.1 Å². The summed E-state index contributed by atoms with van der Waals surface area (Å²) < 4.78 is 61.2. The second-order valence-corrected chi connectivity index (χ2v) is 9.37. The number of rotatable bonds is 5. The summed E-state index contributed by atoms with van der Waals surface area (Å²) in [6.07, 6.45) is 0.299. The molecular weight excluding hydrogens is 502 g/mol. The number of hydrogen-bond donors (Lipinski definition) is 1. The number of aliphatic imine (C=N–C) groups is 1. The summed E-state index contributed by atoms with van der Waals surface area (Å²) in [4.78, 5) is 18.7. The van der Waals surface area contributed by atoms with Crippen LogP contribution in [0.3, 0.4) is 0 Å². The van der Waals surface area contributed by atoms with Gasteiger partial charge in [-0.3, -0.25) is 4.99 Å². The van der Waals surface area contributed by atoms with Gasteiger partial charge in [0.2, 0.25) is 5.88 Å². The van der Waals surface area contributed by atoms with Gasteiger partial charge in [-0.15, -0.1) is 0 Å². The van der Waals surface area contributed by atoms with Gasteiger partial charge in [0.15, 0.2) is 5.69 Å². The summed E-state index contributed by atoms with van der Waals surface area (Å²) in [5.74, 6) is -0.0851. The van der Waals surface area contributed by atoms with Gasteiger partial charge < -0.3 is 19.9 Å². The van der Waals surface area contributed by atoms with Gasteiger partial charge >= 0.3 is 6.18 Å². The number of aromatic nitrogens is 4. The maximum absolute atomic E-state index is 15.2. The Morgan fingerprint density at radius 3 is 2.58 bits per heavy atom. The summed E-state index contributed by atoms with van der Waals surface area (Å²) in [7, 11) is 4.64. The molecule has 2 N–H and O–H groups in total. The monoisotopic (exact) mass is 529 g/mol. The minimum atomic E-state index is -4.62. The van der Waals surface area contributed by atoms with Crippen LogP contribution in [0, 0.1) is 5.82 Å². The fraction of sp³-hybridized carbons (Fsp3) is 0.385. The summed E-state index contributed by atoms with van der Waals surface area (Å²) in [6, 6.07) is 4.42. The third-order valence-electron chi connectivity index (χ3n) is 6.90. The number of hydrogen-bond acceptors (Lipinski definition) is 7. The number of imidazole rings is 1. The minimum Gasteiger partial charge on any atom is -0.480 e. The quantitative estimate of drug-likeness (QED) is 0.487. The van der Waals surface area contributed by atoms with Crippen molar-refractivity contribution in [3.63, 3.8) is 0 Å². The normalized spacial score (nSPS) is 18.7. The Labute approximate surface area is 216 Å². The maximum Gasteiger partial charge on any atom is 0.434 e. The lowest BCUT2D eigenvalue weighted by atomic mass is 9.95. The summed E-state index contributed by atoms with van der Waals surface area (Å²) in [5, 5.41) is 0. The Balaban J connectivity index is 1.50. The molecule has 1 aliphatic heterocycles. The van der Waals surface area contributed by atoms with Gasteiger partial charge in [0, 0.05) is 62.7 Å². The number of nitrogens with two attached hydrogens (primary N) is 1. The molecule has 3 heterocycles. The van der Waals surface area contributed by atoms with Crippen LogP contribution in [0.25, 0.3) is 17.1 Å². The van der Waals surface area contributed by atoms with Crippen molar-refractivity contribution in [3.8, 4) is 17.3 Å². The average Bonchev–Trinajstić information content (AvgIpc) is 3.67. The zero-order valence-electron chi connectivity index (χ0n) is 21.2. The smallest absolute Gasteiger partial charge is 0.434 e.